The van der Waals surface area contributed by atoms with Crippen molar-refractivity contribution in [1.82, 2.24) is 14.9 Å². The van der Waals surface area contributed by atoms with Gasteiger partial charge in [0.25, 0.3) is 0 Å². The van der Waals surface area contributed by atoms with Crippen LogP contribution in [0.25, 0.3) is 11.0 Å². The van der Waals surface area contributed by atoms with E-state index >= 15 is 0 Å². The molecule has 3 aromatic rings. The second kappa shape index (κ2) is 9.17. The zero-order chi connectivity index (χ0) is 21.7. The number of para-hydroxylation sites is 2. The molecular weight excluding hydrogens is 397 g/mol. The summed E-state index contributed by atoms with van der Waals surface area (Å²) in [4.78, 5) is 22.0. The third-order valence-electron chi connectivity index (χ3n) is 4.76. The van der Waals surface area contributed by atoms with Gasteiger partial charge in [-0.15, -0.1) is 0 Å². The molecule has 0 fully saturated rings. The van der Waals surface area contributed by atoms with Gasteiger partial charge < -0.3 is 20.3 Å². The van der Waals surface area contributed by atoms with Crippen LogP contribution in [-0.2, 0) is 17.4 Å². The van der Waals surface area contributed by atoms with Crippen molar-refractivity contribution in [1.29, 1.82) is 0 Å². The predicted molar refractivity (Wildman–Crippen MR) is 108 cm³/mol. The van der Waals surface area contributed by atoms with E-state index in [-0.39, 0.29) is 25.5 Å². The van der Waals surface area contributed by atoms with Crippen molar-refractivity contribution in [3.63, 3.8) is 0 Å². The fraction of sp³-hybridized carbons (Fsp3) is 0.333. The van der Waals surface area contributed by atoms with E-state index in [4.69, 9.17) is 0 Å². The summed E-state index contributed by atoms with van der Waals surface area (Å²) < 4.78 is 39.2. The van der Waals surface area contributed by atoms with Crippen LogP contribution in [0.2, 0.25) is 0 Å². The average Bonchev–Trinajstić information content (AvgIpc) is 3.13. The summed E-state index contributed by atoms with van der Waals surface area (Å²) in [6, 6.07) is 11.4. The maximum atomic E-state index is 13.1. The predicted octanol–water partition coefficient (Wildman–Crippen LogP) is 3.45. The number of rotatable bonds is 8. The second-order valence-corrected chi connectivity index (χ2v) is 6.84. The molecule has 2 aromatic carbocycles. The van der Waals surface area contributed by atoms with Gasteiger partial charge in [-0.3, -0.25) is 4.79 Å². The highest BCUT2D eigenvalue weighted by Gasteiger charge is 2.31. The first-order chi connectivity index (χ1) is 14.3. The largest absolute Gasteiger partial charge is 0.416 e. The summed E-state index contributed by atoms with van der Waals surface area (Å²) in [7, 11) is 0. The summed E-state index contributed by atoms with van der Waals surface area (Å²) in [5.74, 6) is 0.0194. The number of aromatic nitrogens is 2. The molecule has 3 rings (SSSR count). The highest BCUT2D eigenvalue weighted by Crippen LogP contribution is 2.30. The Morgan fingerprint density at radius 2 is 2.00 bits per heavy atom. The molecule has 0 saturated carbocycles. The van der Waals surface area contributed by atoms with Crippen LogP contribution in [0.15, 0.2) is 48.5 Å². The number of nitrogens with zero attached hydrogens (tertiary/aromatic N) is 2. The third kappa shape index (κ3) is 5.10. The summed E-state index contributed by atoms with van der Waals surface area (Å²) >= 11 is 0. The molecule has 0 spiro atoms. The highest BCUT2D eigenvalue weighted by molar-refractivity contribution is 5.85. The number of anilines is 1. The molecular formula is C21H23F3N4O2. The molecule has 0 aliphatic carbocycles. The molecule has 1 unspecified atom stereocenters. The highest BCUT2D eigenvalue weighted by atomic mass is 19.4. The Kier molecular flexibility index (Phi) is 6.61. The molecule has 1 heterocycles. The molecule has 3 N–H and O–H groups in total. The first kappa shape index (κ1) is 21.6. The number of aromatic amines is 1. The van der Waals surface area contributed by atoms with Crippen LogP contribution in [0.1, 0.15) is 18.1 Å². The lowest BCUT2D eigenvalue weighted by Crippen LogP contribution is -2.45. The first-order valence-corrected chi connectivity index (χ1v) is 9.59. The lowest BCUT2D eigenvalue weighted by molar-refractivity contribution is -0.137. The van der Waals surface area contributed by atoms with Crippen molar-refractivity contribution >= 4 is 22.9 Å². The molecule has 0 radical (unpaired) electrons. The smallest absolute Gasteiger partial charge is 0.395 e. The molecule has 30 heavy (non-hydrogen) atoms. The number of carbonyl (C=O) groups is 1. The average molecular weight is 420 g/mol. The minimum atomic E-state index is -4.46. The minimum Gasteiger partial charge on any atom is -0.395 e. The van der Waals surface area contributed by atoms with Crippen molar-refractivity contribution in [2.45, 2.75) is 25.6 Å². The van der Waals surface area contributed by atoms with E-state index in [1.54, 1.807) is 13.0 Å². The minimum absolute atomic E-state index is 0.0295. The number of carbonyl (C=O) groups excluding carboxylic acids is 1. The normalized spacial score (nSPS) is 12.7. The molecule has 1 atom stereocenters. The molecule has 0 saturated heterocycles. The number of nitrogens with one attached hydrogen (secondary N) is 2. The van der Waals surface area contributed by atoms with E-state index in [0.29, 0.717) is 23.6 Å². The number of amides is 1. The number of aliphatic hydroxyl groups excluding tert-OH is 1. The number of hydrogen-bond acceptors (Lipinski definition) is 4. The van der Waals surface area contributed by atoms with Crippen LogP contribution >= 0.6 is 0 Å². The van der Waals surface area contributed by atoms with Gasteiger partial charge in [0, 0.05) is 19.5 Å². The van der Waals surface area contributed by atoms with Gasteiger partial charge >= 0.3 is 6.18 Å². The van der Waals surface area contributed by atoms with E-state index < -0.39 is 17.8 Å². The Morgan fingerprint density at radius 3 is 2.67 bits per heavy atom. The maximum Gasteiger partial charge on any atom is 0.416 e. The van der Waals surface area contributed by atoms with E-state index in [0.717, 1.165) is 17.6 Å². The van der Waals surface area contributed by atoms with Crippen molar-refractivity contribution in [2.24, 2.45) is 0 Å². The van der Waals surface area contributed by atoms with Gasteiger partial charge in [0.2, 0.25) is 11.9 Å². The summed E-state index contributed by atoms with van der Waals surface area (Å²) in [6.45, 7) is 2.06. The number of hydrogen-bond donors (Lipinski definition) is 3. The molecule has 1 aromatic heterocycles. The van der Waals surface area contributed by atoms with Crippen molar-refractivity contribution < 1.29 is 23.1 Å². The Bertz CT molecular complexity index is 970. The number of halogens is 3. The van der Waals surface area contributed by atoms with Gasteiger partial charge in [-0.2, -0.15) is 13.2 Å². The van der Waals surface area contributed by atoms with E-state index in [1.807, 2.05) is 24.3 Å². The number of H-pyrrole nitrogens is 1. The molecule has 9 heteroatoms. The van der Waals surface area contributed by atoms with Crippen molar-refractivity contribution in [3.8, 4) is 0 Å². The number of benzene rings is 2. The summed E-state index contributed by atoms with van der Waals surface area (Å²) in [5, 5.41) is 12.3. The molecule has 0 aliphatic rings. The van der Waals surface area contributed by atoms with E-state index in [2.05, 4.69) is 15.3 Å². The number of fused-ring (bicyclic) bond motifs is 1. The van der Waals surface area contributed by atoms with Crippen LogP contribution in [0, 0.1) is 0 Å². The van der Waals surface area contributed by atoms with Crippen molar-refractivity contribution in [2.75, 3.05) is 25.0 Å². The number of alkyl halides is 3. The third-order valence-corrected chi connectivity index (χ3v) is 4.76. The Balaban J connectivity index is 1.89. The fourth-order valence-corrected chi connectivity index (χ4v) is 3.26. The lowest BCUT2D eigenvalue weighted by Gasteiger charge is -2.26. The Hall–Kier alpha value is -3.07. The van der Waals surface area contributed by atoms with E-state index in [9.17, 15) is 23.1 Å². The molecule has 1 amide bonds. The molecule has 0 bridgehead atoms. The van der Waals surface area contributed by atoms with Gasteiger partial charge in [0.15, 0.2) is 0 Å². The topological polar surface area (TPSA) is 81.2 Å². The van der Waals surface area contributed by atoms with E-state index in [1.165, 1.54) is 11.0 Å². The first-order valence-electron chi connectivity index (χ1n) is 9.59. The Labute approximate surface area is 171 Å². The lowest BCUT2D eigenvalue weighted by atomic mass is 10.0. The monoisotopic (exact) mass is 420 g/mol. The standard InChI is InChI=1S/C21H23F3N4O2/c1-2-28(10-11-29)19(30)18(13-14-6-5-7-15(12-14)21(22,23)24)27-20-25-16-8-3-4-9-17(16)26-20/h3-9,12,18,29H,2,10-11,13H2,1H3,(H2,25,26,27). The van der Waals surface area contributed by atoms with Crippen LogP contribution in [0.5, 0.6) is 0 Å². The van der Waals surface area contributed by atoms with Crippen LogP contribution in [-0.4, -0.2) is 51.6 Å². The van der Waals surface area contributed by atoms with Crippen LogP contribution < -0.4 is 5.32 Å². The summed E-state index contributed by atoms with van der Waals surface area (Å²) in [5.41, 5.74) is 1.07. The van der Waals surface area contributed by atoms with Gasteiger partial charge in [0.05, 0.1) is 23.2 Å². The summed E-state index contributed by atoms with van der Waals surface area (Å²) in [6.07, 6.45) is -4.43. The molecule has 0 aliphatic heterocycles. The molecule has 6 nitrogen and oxygen atoms in total. The Morgan fingerprint density at radius 1 is 1.23 bits per heavy atom. The maximum absolute atomic E-state index is 13.1. The SMILES string of the molecule is CCN(CCO)C(=O)C(Cc1cccc(C(F)(F)F)c1)Nc1nc2ccccc2[nH]1. The number of aliphatic hydroxyl groups is 1. The van der Waals surface area contributed by atoms with Crippen LogP contribution in [0.3, 0.4) is 0 Å². The van der Waals surface area contributed by atoms with Gasteiger partial charge in [-0.05, 0) is 30.7 Å². The van der Waals surface area contributed by atoms with Gasteiger partial charge in [-0.1, -0.05) is 30.3 Å². The fourth-order valence-electron chi connectivity index (χ4n) is 3.26. The zero-order valence-corrected chi connectivity index (χ0v) is 16.4. The zero-order valence-electron chi connectivity index (χ0n) is 16.4. The van der Waals surface area contributed by atoms with Gasteiger partial charge in [0.1, 0.15) is 6.04 Å². The number of likely N-dealkylation sites (N-methyl/N-ethyl adjacent to an activating group) is 1. The van der Waals surface area contributed by atoms with Crippen molar-refractivity contribution in [3.05, 3.63) is 59.7 Å². The second-order valence-electron chi connectivity index (χ2n) is 6.84. The molecule has 160 valence electrons. The quantitative estimate of drug-likeness (QED) is 0.522. The number of imidazole rings is 1. The van der Waals surface area contributed by atoms with Crippen LogP contribution in [0.4, 0.5) is 19.1 Å². The van der Waals surface area contributed by atoms with Gasteiger partial charge in [-0.25, -0.2) is 4.98 Å².